The van der Waals surface area contributed by atoms with Gasteiger partial charge in [0.25, 0.3) is 0 Å². The minimum absolute atomic E-state index is 0.177. The largest absolute Gasteiger partial charge is 0.326 e. The molecule has 1 atom stereocenters. The van der Waals surface area contributed by atoms with Crippen LogP contribution in [0.3, 0.4) is 0 Å². The summed E-state index contributed by atoms with van der Waals surface area (Å²) in [6.07, 6.45) is 4.07. The summed E-state index contributed by atoms with van der Waals surface area (Å²) < 4.78 is 0. The minimum atomic E-state index is -0.231. The highest BCUT2D eigenvalue weighted by Gasteiger charge is 2.38. The third kappa shape index (κ3) is 3.40. The first-order chi connectivity index (χ1) is 9.55. The molecule has 1 aromatic carbocycles. The number of benzene rings is 1. The molecule has 1 unspecified atom stereocenters. The standard InChI is InChI=1S/C17H26N2O/c1-4-6-17(7-5-8-18-12-17)16(20)19-15-10-13(2)9-14(3)11-15/h9-11,18H,4-8,12H2,1-3H3,(H,19,20). The second kappa shape index (κ2) is 6.40. The Morgan fingerprint density at radius 1 is 1.30 bits per heavy atom. The maximum atomic E-state index is 12.8. The highest BCUT2D eigenvalue weighted by molar-refractivity contribution is 5.95. The molecule has 1 aliphatic heterocycles. The van der Waals surface area contributed by atoms with E-state index >= 15 is 0 Å². The van der Waals surface area contributed by atoms with Crippen LogP contribution in [0.5, 0.6) is 0 Å². The smallest absolute Gasteiger partial charge is 0.231 e. The number of anilines is 1. The van der Waals surface area contributed by atoms with Crippen LogP contribution in [-0.4, -0.2) is 19.0 Å². The Morgan fingerprint density at radius 2 is 2.00 bits per heavy atom. The average molecular weight is 274 g/mol. The molecule has 1 saturated heterocycles. The topological polar surface area (TPSA) is 41.1 Å². The molecule has 0 bridgehead atoms. The quantitative estimate of drug-likeness (QED) is 0.883. The van der Waals surface area contributed by atoms with Gasteiger partial charge < -0.3 is 10.6 Å². The van der Waals surface area contributed by atoms with Gasteiger partial charge in [-0.05, 0) is 62.9 Å². The molecule has 1 aromatic rings. The molecule has 1 amide bonds. The zero-order valence-corrected chi connectivity index (χ0v) is 12.9. The van der Waals surface area contributed by atoms with Crippen LogP contribution >= 0.6 is 0 Å². The van der Waals surface area contributed by atoms with Gasteiger partial charge in [0.15, 0.2) is 0 Å². The summed E-state index contributed by atoms with van der Waals surface area (Å²) in [7, 11) is 0. The van der Waals surface area contributed by atoms with Crippen molar-refractivity contribution in [3.8, 4) is 0 Å². The second-order valence-corrected chi connectivity index (χ2v) is 6.14. The van der Waals surface area contributed by atoms with Crippen LogP contribution in [0.15, 0.2) is 18.2 Å². The van der Waals surface area contributed by atoms with E-state index in [4.69, 9.17) is 0 Å². The third-order valence-corrected chi connectivity index (χ3v) is 4.16. The van der Waals surface area contributed by atoms with Crippen molar-refractivity contribution < 1.29 is 4.79 Å². The van der Waals surface area contributed by atoms with E-state index < -0.39 is 0 Å². The number of nitrogens with one attached hydrogen (secondary N) is 2. The molecule has 0 aliphatic carbocycles. The number of hydrogen-bond donors (Lipinski definition) is 2. The predicted molar refractivity (Wildman–Crippen MR) is 84.0 cm³/mol. The highest BCUT2D eigenvalue weighted by Crippen LogP contribution is 2.33. The lowest BCUT2D eigenvalue weighted by molar-refractivity contribution is -0.127. The molecule has 2 N–H and O–H groups in total. The second-order valence-electron chi connectivity index (χ2n) is 6.14. The average Bonchev–Trinajstić information content (AvgIpc) is 2.38. The summed E-state index contributed by atoms with van der Waals surface area (Å²) in [5.41, 5.74) is 3.07. The van der Waals surface area contributed by atoms with Crippen LogP contribution in [0.25, 0.3) is 0 Å². The van der Waals surface area contributed by atoms with Gasteiger partial charge in [0.05, 0.1) is 5.41 Å². The van der Waals surface area contributed by atoms with Gasteiger partial charge >= 0.3 is 0 Å². The van der Waals surface area contributed by atoms with Crippen molar-refractivity contribution in [2.75, 3.05) is 18.4 Å². The fourth-order valence-corrected chi connectivity index (χ4v) is 3.28. The van der Waals surface area contributed by atoms with Crippen molar-refractivity contribution in [1.29, 1.82) is 0 Å². The van der Waals surface area contributed by atoms with Crippen LogP contribution in [0.2, 0.25) is 0 Å². The lowest BCUT2D eigenvalue weighted by atomic mass is 9.76. The molecule has 20 heavy (non-hydrogen) atoms. The van der Waals surface area contributed by atoms with Crippen molar-refractivity contribution in [3.63, 3.8) is 0 Å². The number of carbonyl (C=O) groups is 1. The minimum Gasteiger partial charge on any atom is -0.326 e. The molecule has 3 nitrogen and oxygen atoms in total. The van der Waals surface area contributed by atoms with E-state index in [1.54, 1.807) is 0 Å². The van der Waals surface area contributed by atoms with Gasteiger partial charge in [-0.3, -0.25) is 4.79 Å². The Morgan fingerprint density at radius 3 is 2.55 bits per heavy atom. The van der Waals surface area contributed by atoms with Crippen LogP contribution in [0.4, 0.5) is 5.69 Å². The monoisotopic (exact) mass is 274 g/mol. The molecule has 1 heterocycles. The molecule has 1 aliphatic rings. The van der Waals surface area contributed by atoms with Gasteiger partial charge in [0, 0.05) is 12.2 Å². The number of hydrogen-bond acceptors (Lipinski definition) is 2. The number of carbonyl (C=O) groups excluding carboxylic acids is 1. The summed E-state index contributed by atoms with van der Waals surface area (Å²) in [6.45, 7) is 8.11. The molecule has 3 heteroatoms. The molecule has 0 spiro atoms. The van der Waals surface area contributed by atoms with E-state index in [1.807, 2.05) is 12.1 Å². The van der Waals surface area contributed by atoms with E-state index in [1.165, 1.54) is 11.1 Å². The molecule has 1 fully saturated rings. The Hall–Kier alpha value is -1.35. The summed E-state index contributed by atoms with van der Waals surface area (Å²) >= 11 is 0. The van der Waals surface area contributed by atoms with Crippen LogP contribution in [0.1, 0.15) is 43.7 Å². The van der Waals surface area contributed by atoms with Gasteiger partial charge in [0.1, 0.15) is 0 Å². The third-order valence-electron chi connectivity index (χ3n) is 4.16. The first-order valence-electron chi connectivity index (χ1n) is 7.66. The highest BCUT2D eigenvalue weighted by atomic mass is 16.2. The zero-order valence-electron chi connectivity index (χ0n) is 12.9. The first kappa shape index (κ1) is 15.0. The first-order valence-corrected chi connectivity index (χ1v) is 7.66. The van der Waals surface area contributed by atoms with Gasteiger partial charge in [-0.15, -0.1) is 0 Å². The molecule has 110 valence electrons. The Balaban J connectivity index is 2.15. The Labute approximate surface area is 122 Å². The van der Waals surface area contributed by atoms with Gasteiger partial charge in [-0.1, -0.05) is 19.4 Å². The number of aryl methyl sites for hydroxylation is 2. The van der Waals surface area contributed by atoms with E-state index in [0.717, 1.165) is 44.5 Å². The maximum Gasteiger partial charge on any atom is 0.231 e. The fraction of sp³-hybridized carbons (Fsp3) is 0.588. The normalized spacial score (nSPS) is 22.6. The summed E-state index contributed by atoms with van der Waals surface area (Å²) in [6, 6.07) is 6.21. The number of rotatable bonds is 4. The van der Waals surface area contributed by atoms with Crippen LogP contribution in [-0.2, 0) is 4.79 Å². The Kier molecular flexibility index (Phi) is 4.81. The van der Waals surface area contributed by atoms with Crippen molar-refractivity contribution in [3.05, 3.63) is 29.3 Å². The summed E-state index contributed by atoms with van der Waals surface area (Å²) in [5, 5.41) is 6.53. The van der Waals surface area contributed by atoms with Crippen molar-refractivity contribution in [1.82, 2.24) is 5.32 Å². The zero-order chi connectivity index (χ0) is 14.6. The molecule has 0 aromatic heterocycles. The predicted octanol–water partition coefficient (Wildman–Crippen LogP) is 3.41. The van der Waals surface area contributed by atoms with Gasteiger partial charge in [-0.2, -0.15) is 0 Å². The molecule has 0 radical (unpaired) electrons. The van der Waals surface area contributed by atoms with Crippen molar-refractivity contribution in [2.45, 2.75) is 46.5 Å². The van der Waals surface area contributed by atoms with Gasteiger partial charge in [-0.25, -0.2) is 0 Å². The van der Waals surface area contributed by atoms with Crippen LogP contribution < -0.4 is 10.6 Å². The molecular weight excluding hydrogens is 248 g/mol. The molecule has 0 saturated carbocycles. The SMILES string of the molecule is CCCC1(C(=O)Nc2cc(C)cc(C)c2)CCCNC1. The summed E-state index contributed by atoms with van der Waals surface area (Å²) in [5.74, 6) is 0.177. The van der Waals surface area contributed by atoms with E-state index in [2.05, 4.69) is 37.5 Å². The Bertz CT molecular complexity index is 450. The molecule has 2 rings (SSSR count). The number of amides is 1. The lowest BCUT2D eigenvalue weighted by Crippen LogP contribution is -2.48. The van der Waals surface area contributed by atoms with Crippen molar-refractivity contribution in [2.24, 2.45) is 5.41 Å². The van der Waals surface area contributed by atoms with E-state index in [9.17, 15) is 4.79 Å². The van der Waals surface area contributed by atoms with Crippen molar-refractivity contribution >= 4 is 11.6 Å². The fourth-order valence-electron chi connectivity index (χ4n) is 3.28. The maximum absolute atomic E-state index is 12.8. The van der Waals surface area contributed by atoms with E-state index in [-0.39, 0.29) is 11.3 Å². The lowest BCUT2D eigenvalue weighted by Gasteiger charge is -2.36. The van der Waals surface area contributed by atoms with E-state index in [0.29, 0.717) is 0 Å². The van der Waals surface area contributed by atoms with Gasteiger partial charge in [0.2, 0.25) is 5.91 Å². The summed E-state index contributed by atoms with van der Waals surface area (Å²) in [4.78, 5) is 12.8. The number of piperidine rings is 1. The molecular formula is C17H26N2O. The van der Waals surface area contributed by atoms with Crippen LogP contribution in [0, 0.1) is 19.3 Å².